The fourth-order valence-electron chi connectivity index (χ4n) is 3.19. The lowest BCUT2D eigenvalue weighted by Crippen LogP contribution is -2.38. The Hall–Kier alpha value is -3.02. The average Bonchev–Trinajstić information content (AvgIpc) is 3.13. The van der Waals surface area contributed by atoms with Gasteiger partial charge in [-0.05, 0) is 29.7 Å². The Balaban J connectivity index is 1.42. The summed E-state index contributed by atoms with van der Waals surface area (Å²) in [7, 11) is 1.75. The molecule has 0 unspecified atom stereocenters. The number of carbonyl (C=O) groups is 1. The SMILES string of the molecule is CN=C(NCCOc1ccccc1)NCc1cccc(CN2CCCC2=O)c1. The maximum atomic E-state index is 11.8. The molecule has 1 aliphatic heterocycles. The summed E-state index contributed by atoms with van der Waals surface area (Å²) in [5.41, 5.74) is 2.32. The number of para-hydroxylation sites is 1. The quantitative estimate of drug-likeness (QED) is 0.420. The number of nitrogens with zero attached hydrogens (tertiary/aromatic N) is 2. The smallest absolute Gasteiger partial charge is 0.222 e. The molecular formula is C22H28N4O2. The zero-order valence-electron chi connectivity index (χ0n) is 16.4. The molecule has 0 spiro atoms. The maximum Gasteiger partial charge on any atom is 0.222 e. The highest BCUT2D eigenvalue weighted by Gasteiger charge is 2.19. The van der Waals surface area contributed by atoms with Crippen LogP contribution in [0, 0.1) is 0 Å². The number of amides is 1. The van der Waals surface area contributed by atoms with Crippen molar-refractivity contribution in [3.8, 4) is 5.75 Å². The fourth-order valence-corrected chi connectivity index (χ4v) is 3.19. The summed E-state index contributed by atoms with van der Waals surface area (Å²) in [6.45, 7) is 3.44. The van der Waals surface area contributed by atoms with Gasteiger partial charge < -0.3 is 20.3 Å². The number of nitrogens with one attached hydrogen (secondary N) is 2. The number of guanidine groups is 1. The Kier molecular flexibility index (Phi) is 7.29. The number of ether oxygens (including phenoxy) is 1. The Morgan fingerprint density at radius 1 is 1.11 bits per heavy atom. The van der Waals surface area contributed by atoms with Crippen molar-refractivity contribution in [1.82, 2.24) is 15.5 Å². The molecule has 0 radical (unpaired) electrons. The van der Waals surface area contributed by atoms with E-state index in [1.54, 1.807) is 7.05 Å². The van der Waals surface area contributed by atoms with Crippen LogP contribution in [0.2, 0.25) is 0 Å². The Bertz CT molecular complexity index is 792. The molecule has 2 aromatic carbocycles. The van der Waals surface area contributed by atoms with Gasteiger partial charge in [-0.25, -0.2) is 0 Å². The molecule has 1 saturated heterocycles. The first kappa shape index (κ1) is 19.7. The van der Waals surface area contributed by atoms with Crippen molar-refractivity contribution in [1.29, 1.82) is 0 Å². The van der Waals surface area contributed by atoms with E-state index in [1.807, 2.05) is 41.3 Å². The van der Waals surface area contributed by atoms with Crippen LogP contribution in [0.5, 0.6) is 5.75 Å². The highest BCUT2D eigenvalue weighted by atomic mass is 16.5. The highest BCUT2D eigenvalue weighted by molar-refractivity contribution is 5.79. The van der Waals surface area contributed by atoms with Crippen LogP contribution in [0.4, 0.5) is 0 Å². The third-order valence-corrected chi connectivity index (χ3v) is 4.63. The monoisotopic (exact) mass is 380 g/mol. The van der Waals surface area contributed by atoms with Crippen molar-refractivity contribution in [3.63, 3.8) is 0 Å². The van der Waals surface area contributed by atoms with Gasteiger partial charge >= 0.3 is 0 Å². The van der Waals surface area contributed by atoms with Crippen LogP contribution >= 0.6 is 0 Å². The normalized spacial score (nSPS) is 14.2. The molecule has 0 aromatic heterocycles. The Morgan fingerprint density at radius 3 is 2.68 bits per heavy atom. The first-order chi connectivity index (χ1) is 13.7. The Labute approximate surface area is 166 Å². The minimum atomic E-state index is 0.255. The van der Waals surface area contributed by atoms with E-state index in [2.05, 4.69) is 33.8 Å². The van der Waals surface area contributed by atoms with Crippen LogP contribution in [0.25, 0.3) is 0 Å². The van der Waals surface area contributed by atoms with E-state index in [0.717, 1.165) is 35.8 Å². The van der Waals surface area contributed by atoms with E-state index < -0.39 is 0 Å². The van der Waals surface area contributed by atoms with Gasteiger partial charge in [0.2, 0.25) is 5.91 Å². The summed E-state index contributed by atoms with van der Waals surface area (Å²) < 4.78 is 5.67. The molecule has 0 saturated carbocycles. The highest BCUT2D eigenvalue weighted by Crippen LogP contribution is 2.15. The molecule has 1 heterocycles. The number of rotatable bonds is 8. The number of benzene rings is 2. The molecule has 1 amide bonds. The number of carbonyl (C=O) groups excluding carboxylic acids is 1. The van der Waals surface area contributed by atoms with Crippen LogP contribution < -0.4 is 15.4 Å². The van der Waals surface area contributed by atoms with Gasteiger partial charge in [-0.3, -0.25) is 9.79 Å². The second-order valence-corrected chi connectivity index (χ2v) is 6.75. The molecule has 0 bridgehead atoms. The lowest BCUT2D eigenvalue weighted by atomic mass is 10.1. The second-order valence-electron chi connectivity index (χ2n) is 6.75. The van der Waals surface area contributed by atoms with Gasteiger partial charge in [0.05, 0.1) is 6.54 Å². The molecule has 6 heteroatoms. The predicted octanol–water partition coefficient (Wildman–Crippen LogP) is 2.55. The molecule has 28 heavy (non-hydrogen) atoms. The lowest BCUT2D eigenvalue weighted by molar-refractivity contribution is -0.128. The largest absolute Gasteiger partial charge is 0.492 e. The standard InChI is InChI=1S/C22H28N4O2/c1-23-22(24-12-14-28-20-9-3-2-4-10-20)25-16-18-7-5-8-19(15-18)17-26-13-6-11-21(26)27/h2-5,7-10,15H,6,11-14,16-17H2,1H3,(H2,23,24,25). The predicted molar refractivity (Wildman–Crippen MR) is 111 cm³/mol. The van der Waals surface area contributed by atoms with E-state index in [4.69, 9.17) is 4.74 Å². The maximum absolute atomic E-state index is 11.8. The van der Waals surface area contributed by atoms with Crippen LogP contribution in [0.1, 0.15) is 24.0 Å². The molecule has 148 valence electrons. The van der Waals surface area contributed by atoms with Crippen molar-refractivity contribution in [2.75, 3.05) is 26.7 Å². The zero-order valence-corrected chi connectivity index (χ0v) is 16.4. The van der Waals surface area contributed by atoms with E-state index in [9.17, 15) is 4.79 Å². The van der Waals surface area contributed by atoms with Crippen molar-refractivity contribution < 1.29 is 9.53 Å². The minimum Gasteiger partial charge on any atom is -0.492 e. The molecule has 1 fully saturated rings. The van der Waals surface area contributed by atoms with Crippen molar-refractivity contribution in [3.05, 3.63) is 65.7 Å². The van der Waals surface area contributed by atoms with Gasteiger partial charge in [0.25, 0.3) is 0 Å². The van der Waals surface area contributed by atoms with Crippen molar-refractivity contribution in [2.24, 2.45) is 4.99 Å². The summed E-state index contributed by atoms with van der Waals surface area (Å²) in [6, 6.07) is 18.1. The van der Waals surface area contributed by atoms with Gasteiger partial charge in [-0.15, -0.1) is 0 Å². The number of hydrogen-bond donors (Lipinski definition) is 2. The summed E-state index contributed by atoms with van der Waals surface area (Å²) in [4.78, 5) is 18.0. The fraction of sp³-hybridized carbons (Fsp3) is 0.364. The topological polar surface area (TPSA) is 66.0 Å². The summed E-state index contributed by atoms with van der Waals surface area (Å²) >= 11 is 0. The minimum absolute atomic E-state index is 0.255. The number of hydrogen-bond acceptors (Lipinski definition) is 3. The first-order valence-electron chi connectivity index (χ1n) is 9.72. The van der Waals surface area contributed by atoms with Crippen molar-refractivity contribution in [2.45, 2.75) is 25.9 Å². The third kappa shape index (κ3) is 6.01. The average molecular weight is 380 g/mol. The molecule has 0 aliphatic carbocycles. The van der Waals surface area contributed by atoms with Gasteiger partial charge in [0, 0.05) is 33.1 Å². The number of likely N-dealkylation sites (tertiary alicyclic amines) is 1. The van der Waals surface area contributed by atoms with E-state index >= 15 is 0 Å². The molecule has 2 N–H and O–H groups in total. The molecule has 2 aromatic rings. The number of aliphatic imine (C=N–C) groups is 1. The third-order valence-electron chi connectivity index (χ3n) is 4.63. The molecule has 3 rings (SSSR count). The van der Waals surface area contributed by atoms with Crippen LogP contribution in [-0.4, -0.2) is 43.5 Å². The molecule has 1 aliphatic rings. The molecule has 6 nitrogen and oxygen atoms in total. The second kappa shape index (κ2) is 10.3. The molecule has 0 atom stereocenters. The van der Waals surface area contributed by atoms with Gasteiger partial charge in [0.15, 0.2) is 5.96 Å². The van der Waals surface area contributed by atoms with Crippen LogP contribution in [0.15, 0.2) is 59.6 Å². The summed E-state index contributed by atoms with van der Waals surface area (Å²) in [5, 5.41) is 6.57. The summed E-state index contributed by atoms with van der Waals surface area (Å²) in [5.74, 6) is 1.85. The summed E-state index contributed by atoms with van der Waals surface area (Å²) in [6.07, 6.45) is 1.65. The van der Waals surface area contributed by atoms with Crippen LogP contribution in [0.3, 0.4) is 0 Å². The van der Waals surface area contributed by atoms with Gasteiger partial charge in [-0.1, -0.05) is 42.5 Å². The van der Waals surface area contributed by atoms with E-state index in [0.29, 0.717) is 32.7 Å². The first-order valence-corrected chi connectivity index (χ1v) is 9.72. The lowest BCUT2D eigenvalue weighted by Gasteiger charge is -2.16. The van der Waals surface area contributed by atoms with E-state index in [1.165, 1.54) is 0 Å². The zero-order chi connectivity index (χ0) is 19.6. The van der Waals surface area contributed by atoms with Crippen LogP contribution in [-0.2, 0) is 17.9 Å². The van der Waals surface area contributed by atoms with Gasteiger partial charge in [-0.2, -0.15) is 0 Å². The van der Waals surface area contributed by atoms with Crippen molar-refractivity contribution >= 4 is 11.9 Å². The molecular weight excluding hydrogens is 352 g/mol. The Morgan fingerprint density at radius 2 is 1.93 bits per heavy atom. The van der Waals surface area contributed by atoms with Gasteiger partial charge in [0.1, 0.15) is 12.4 Å². The van der Waals surface area contributed by atoms with E-state index in [-0.39, 0.29) is 5.91 Å².